The third-order valence-corrected chi connectivity index (χ3v) is 5.95. The van der Waals surface area contributed by atoms with Crippen molar-refractivity contribution in [3.63, 3.8) is 0 Å². The molecule has 0 heterocycles. The second-order valence-electron chi connectivity index (χ2n) is 8.18. The molecule has 0 aromatic rings. The number of alkyl halides is 6. The van der Waals surface area contributed by atoms with Crippen molar-refractivity contribution in [2.75, 3.05) is 6.61 Å². The summed E-state index contributed by atoms with van der Waals surface area (Å²) in [6.07, 6.45) is 4.72. The number of esters is 2. The van der Waals surface area contributed by atoms with Gasteiger partial charge < -0.3 is 14.6 Å². The highest BCUT2D eigenvalue weighted by molar-refractivity contribution is 5.85. The van der Waals surface area contributed by atoms with Gasteiger partial charge in [0.15, 0.2) is 6.61 Å². The lowest BCUT2D eigenvalue weighted by atomic mass is 9.54. The van der Waals surface area contributed by atoms with Gasteiger partial charge in [0.1, 0.15) is 5.60 Å². The summed E-state index contributed by atoms with van der Waals surface area (Å²) in [4.78, 5) is 33.4. The van der Waals surface area contributed by atoms with Gasteiger partial charge >= 0.3 is 35.7 Å². The second-order valence-corrected chi connectivity index (χ2v) is 8.18. The lowest BCUT2D eigenvalue weighted by Crippen LogP contribution is -2.61. The molecule has 4 bridgehead atoms. The second kappa shape index (κ2) is 6.76. The Hall–Kier alpha value is -2.01. The largest absolute Gasteiger partial charge is 0.477 e. The maximum Gasteiger partial charge on any atom is 0.411 e. The molecule has 0 aromatic heterocycles. The van der Waals surface area contributed by atoms with Crippen LogP contribution in [0.3, 0.4) is 0 Å². The maximum atomic E-state index is 13.5. The third-order valence-electron chi connectivity index (χ3n) is 5.95. The first-order valence-corrected chi connectivity index (χ1v) is 8.96. The molecule has 0 unspecified atom stereocenters. The third kappa shape index (κ3) is 3.54. The Morgan fingerprint density at radius 1 is 0.862 bits per heavy atom. The lowest BCUT2D eigenvalue weighted by Gasteiger charge is -2.55. The molecule has 0 atom stereocenters. The summed E-state index contributed by atoms with van der Waals surface area (Å²) in [6.45, 7) is -1.48. The fourth-order valence-corrected chi connectivity index (χ4v) is 5.10. The van der Waals surface area contributed by atoms with E-state index in [2.05, 4.69) is 4.74 Å². The molecule has 12 heteroatoms. The van der Waals surface area contributed by atoms with Crippen molar-refractivity contribution in [2.45, 2.75) is 61.9 Å². The zero-order chi connectivity index (χ0) is 21.8. The minimum atomic E-state index is -6.58. The number of rotatable bonds is 7. The van der Waals surface area contributed by atoms with Crippen molar-refractivity contribution in [1.29, 1.82) is 0 Å². The standard InChI is InChI=1S/C17H18F6O6/c18-15(19,12(25)26)17(22,23)16(20,21)13(27)28-7-11(24)29-14-4-8-1-9(5-14)3-10(2-8)6-14/h8-10H,1-7H2,(H,25,26). The van der Waals surface area contributed by atoms with Crippen molar-refractivity contribution in [2.24, 2.45) is 17.8 Å². The van der Waals surface area contributed by atoms with E-state index in [9.17, 15) is 40.7 Å². The fraction of sp³-hybridized carbons (Fsp3) is 0.824. The molecule has 1 N–H and O–H groups in total. The molecule has 6 nitrogen and oxygen atoms in total. The van der Waals surface area contributed by atoms with Gasteiger partial charge in [-0.05, 0) is 56.3 Å². The molecule has 0 spiro atoms. The van der Waals surface area contributed by atoms with E-state index in [1.165, 1.54) is 0 Å². The van der Waals surface area contributed by atoms with Crippen molar-refractivity contribution in [3.8, 4) is 0 Å². The van der Waals surface area contributed by atoms with Crippen LogP contribution in [0.5, 0.6) is 0 Å². The summed E-state index contributed by atoms with van der Waals surface area (Å²) in [6, 6.07) is 0. The molecule has 164 valence electrons. The number of carbonyl (C=O) groups is 3. The quantitative estimate of drug-likeness (QED) is 0.492. The molecule has 0 aliphatic heterocycles. The van der Waals surface area contributed by atoms with E-state index in [4.69, 9.17) is 9.84 Å². The number of aliphatic carboxylic acids is 1. The van der Waals surface area contributed by atoms with Crippen molar-refractivity contribution < 1.29 is 55.3 Å². The maximum absolute atomic E-state index is 13.5. The van der Waals surface area contributed by atoms with E-state index >= 15 is 0 Å². The SMILES string of the molecule is O=C(COC(=O)C(F)(F)C(F)(F)C(F)(F)C(=O)O)OC12CC3CC(CC(C3)C1)C2. The first-order chi connectivity index (χ1) is 13.2. The van der Waals surface area contributed by atoms with Gasteiger partial charge in [0.25, 0.3) is 0 Å². The normalized spacial score (nSPS) is 31.4. The van der Waals surface area contributed by atoms with Gasteiger partial charge in [-0.3, -0.25) is 0 Å². The van der Waals surface area contributed by atoms with Crippen LogP contribution in [0.4, 0.5) is 26.3 Å². The summed E-state index contributed by atoms with van der Waals surface area (Å²) >= 11 is 0. The van der Waals surface area contributed by atoms with Gasteiger partial charge in [0.2, 0.25) is 0 Å². The molecule has 0 amide bonds. The summed E-state index contributed by atoms with van der Waals surface area (Å²) in [5, 5.41) is 8.04. The number of halogens is 6. The smallest absolute Gasteiger partial charge is 0.411 e. The molecule has 4 rings (SSSR count). The minimum absolute atomic E-state index is 0.359. The number of hydrogen-bond donors (Lipinski definition) is 1. The van der Waals surface area contributed by atoms with Crippen LogP contribution in [0.1, 0.15) is 38.5 Å². The van der Waals surface area contributed by atoms with Crippen molar-refractivity contribution in [3.05, 3.63) is 0 Å². The van der Waals surface area contributed by atoms with Gasteiger partial charge in [-0.15, -0.1) is 0 Å². The highest BCUT2D eigenvalue weighted by Crippen LogP contribution is 2.57. The van der Waals surface area contributed by atoms with Crippen LogP contribution in [0.2, 0.25) is 0 Å². The Kier molecular flexibility index (Phi) is 5.06. The topological polar surface area (TPSA) is 89.9 Å². The van der Waals surface area contributed by atoms with E-state index in [-0.39, 0.29) is 0 Å². The van der Waals surface area contributed by atoms with Crippen LogP contribution in [0, 0.1) is 17.8 Å². The molecule has 0 aromatic carbocycles. The zero-order valence-electron chi connectivity index (χ0n) is 14.9. The Labute approximate surface area is 160 Å². The molecule has 0 radical (unpaired) electrons. The highest BCUT2D eigenvalue weighted by atomic mass is 19.3. The van der Waals surface area contributed by atoms with Gasteiger partial charge in [0, 0.05) is 0 Å². The predicted octanol–water partition coefficient (Wildman–Crippen LogP) is 3.03. The summed E-state index contributed by atoms with van der Waals surface area (Å²) < 4.78 is 88.6. The molecule has 4 aliphatic carbocycles. The molecule has 4 fully saturated rings. The summed E-state index contributed by atoms with van der Waals surface area (Å²) in [5.74, 6) is -25.9. The molecule has 4 aliphatic rings. The van der Waals surface area contributed by atoms with Crippen LogP contribution >= 0.6 is 0 Å². The van der Waals surface area contributed by atoms with Gasteiger partial charge in [0.05, 0.1) is 0 Å². The van der Waals surface area contributed by atoms with E-state index in [0.29, 0.717) is 37.0 Å². The predicted molar refractivity (Wildman–Crippen MR) is 80.4 cm³/mol. The van der Waals surface area contributed by atoms with Crippen LogP contribution < -0.4 is 0 Å². The van der Waals surface area contributed by atoms with Gasteiger partial charge in [-0.2, -0.15) is 26.3 Å². The van der Waals surface area contributed by atoms with Crippen molar-refractivity contribution >= 4 is 17.9 Å². The van der Waals surface area contributed by atoms with Crippen LogP contribution in [0.25, 0.3) is 0 Å². The Morgan fingerprint density at radius 2 is 1.31 bits per heavy atom. The molecule has 4 saturated carbocycles. The summed E-state index contributed by atoms with van der Waals surface area (Å²) in [7, 11) is 0. The van der Waals surface area contributed by atoms with Gasteiger partial charge in [-0.25, -0.2) is 14.4 Å². The average molecular weight is 432 g/mol. The van der Waals surface area contributed by atoms with Crippen LogP contribution in [-0.2, 0) is 23.9 Å². The Bertz CT molecular complexity index is 686. The number of carbonyl (C=O) groups excluding carboxylic acids is 2. The number of ether oxygens (including phenoxy) is 2. The molecular weight excluding hydrogens is 414 g/mol. The number of carboxylic acid groups (broad SMARTS) is 1. The first kappa shape index (κ1) is 21.7. The van der Waals surface area contributed by atoms with Crippen LogP contribution in [-0.4, -0.2) is 53.0 Å². The van der Waals surface area contributed by atoms with E-state index < -0.39 is 47.9 Å². The van der Waals surface area contributed by atoms with Crippen molar-refractivity contribution in [1.82, 2.24) is 0 Å². The Balaban J connectivity index is 1.60. The number of hydrogen-bond acceptors (Lipinski definition) is 5. The monoisotopic (exact) mass is 432 g/mol. The molecule has 0 saturated heterocycles. The highest BCUT2D eigenvalue weighted by Gasteiger charge is 2.79. The molecular formula is C17H18F6O6. The van der Waals surface area contributed by atoms with E-state index in [0.717, 1.165) is 19.3 Å². The lowest BCUT2D eigenvalue weighted by molar-refractivity contribution is -0.299. The minimum Gasteiger partial charge on any atom is -0.477 e. The number of carboxylic acids is 1. The van der Waals surface area contributed by atoms with E-state index in [1.54, 1.807) is 0 Å². The zero-order valence-corrected chi connectivity index (χ0v) is 14.9. The van der Waals surface area contributed by atoms with E-state index in [1.807, 2.05) is 0 Å². The Morgan fingerprint density at radius 3 is 1.72 bits per heavy atom. The average Bonchev–Trinajstić information content (AvgIpc) is 2.57. The van der Waals surface area contributed by atoms with Gasteiger partial charge in [-0.1, -0.05) is 0 Å². The summed E-state index contributed by atoms with van der Waals surface area (Å²) in [5.41, 5.74) is -0.818. The fourth-order valence-electron chi connectivity index (χ4n) is 5.10. The molecule has 29 heavy (non-hydrogen) atoms. The van der Waals surface area contributed by atoms with Crippen LogP contribution in [0.15, 0.2) is 0 Å². The first-order valence-electron chi connectivity index (χ1n) is 8.96.